The van der Waals surface area contributed by atoms with Gasteiger partial charge in [-0.05, 0) is 11.1 Å². The zero-order valence-corrected chi connectivity index (χ0v) is 12.6. The number of nitrogens with zero attached hydrogens (tertiary/aromatic N) is 1. The quantitative estimate of drug-likeness (QED) is 0.567. The molecule has 0 saturated carbocycles. The van der Waals surface area contributed by atoms with Gasteiger partial charge in [0.2, 0.25) is 0 Å². The Balaban J connectivity index is 1.93. The van der Waals surface area contributed by atoms with Gasteiger partial charge in [-0.3, -0.25) is 4.85 Å². The van der Waals surface area contributed by atoms with E-state index in [1.807, 2.05) is 54.6 Å². The first-order valence-electron chi connectivity index (χ1n) is 7.68. The standard InChI is InChI=1S/C22H15N/c1-23-22(19-15-9-4-10-16-19)20(17-11-5-2-6-12-17)21(22)18-13-7-3-8-14-18/h2-16H. The molecule has 0 N–H and O–H groups in total. The van der Waals surface area contributed by atoms with Crippen LogP contribution in [0.3, 0.4) is 0 Å². The van der Waals surface area contributed by atoms with Crippen LogP contribution in [0.4, 0.5) is 0 Å². The lowest BCUT2D eigenvalue weighted by atomic mass is 9.94. The van der Waals surface area contributed by atoms with Crippen LogP contribution in [-0.2, 0) is 5.54 Å². The van der Waals surface area contributed by atoms with Gasteiger partial charge in [0.25, 0.3) is 0 Å². The van der Waals surface area contributed by atoms with E-state index in [9.17, 15) is 0 Å². The summed E-state index contributed by atoms with van der Waals surface area (Å²) in [4.78, 5) is 4.09. The van der Waals surface area contributed by atoms with Crippen LogP contribution in [0.2, 0.25) is 0 Å². The van der Waals surface area contributed by atoms with E-state index in [-0.39, 0.29) is 0 Å². The van der Waals surface area contributed by atoms with Crippen molar-refractivity contribution in [2.75, 3.05) is 0 Å². The highest BCUT2D eigenvalue weighted by atomic mass is 14.9. The van der Waals surface area contributed by atoms with Crippen molar-refractivity contribution in [1.82, 2.24) is 0 Å². The fraction of sp³-hybridized carbons (Fsp3) is 0.0455. The van der Waals surface area contributed by atoms with E-state index in [1.165, 1.54) is 0 Å². The van der Waals surface area contributed by atoms with E-state index in [1.54, 1.807) is 0 Å². The normalized spacial score (nSPS) is 15.1. The third kappa shape index (κ3) is 2.00. The maximum absolute atomic E-state index is 7.95. The highest BCUT2D eigenvalue weighted by Crippen LogP contribution is 2.65. The molecule has 1 heteroatoms. The molecule has 3 aromatic rings. The van der Waals surface area contributed by atoms with Crippen molar-refractivity contribution in [2.45, 2.75) is 5.54 Å². The predicted molar refractivity (Wildman–Crippen MR) is 94.4 cm³/mol. The average Bonchev–Trinajstić information content (AvgIpc) is 3.34. The van der Waals surface area contributed by atoms with Gasteiger partial charge in [0.15, 0.2) is 0 Å². The Kier molecular flexibility index (Phi) is 3.10. The Labute approximate surface area is 136 Å². The summed E-state index contributed by atoms with van der Waals surface area (Å²) in [5, 5.41) is 0. The van der Waals surface area contributed by atoms with Crippen LogP contribution >= 0.6 is 0 Å². The lowest BCUT2D eigenvalue weighted by molar-refractivity contribution is 1.00. The molecule has 1 nitrogen and oxygen atoms in total. The summed E-state index contributed by atoms with van der Waals surface area (Å²) in [6.07, 6.45) is 0. The van der Waals surface area contributed by atoms with Crippen LogP contribution in [0, 0.1) is 6.57 Å². The molecule has 0 heterocycles. The molecule has 0 unspecified atom stereocenters. The molecule has 0 saturated heterocycles. The van der Waals surface area contributed by atoms with Gasteiger partial charge < -0.3 is 0 Å². The van der Waals surface area contributed by atoms with E-state index < -0.39 is 5.54 Å². The molecule has 0 amide bonds. The van der Waals surface area contributed by atoms with Crippen LogP contribution in [-0.4, -0.2) is 0 Å². The summed E-state index contributed by atoms with van der Waals surface area (Å²) in [6.45, 7) is 7.95. The van der Waals surface area contributed by atoms with Gasteiger partial charge in [-0.2, -0.15) is 0 Å². The second kappa shape index (κ2) is 5.26. The molecule has 0 fully saturated rings. The Hall–Kier alpha value is -3.11. The van der Waals surface area contributed by atoms with Gasteiger partial charge in [-0.15, -0.1) is 0 Å². The third-order valence-electron chi connectivity index (χ3n) is 4.40. The number of hydrogen-bond donors (Lipinski definition) is 0. The Morgan fingerprint density at radius 2 is 0.957 bits per heavy atom. The second-order valence-corrected chi connectivity index (χ2v) is 5.67. The zero-order chi connectivity index (χ0) is 15.7. The summed E-state index contributed by atoms with van der Waals surface area (Å²) in [5.41, 5.74) is 4.92. The average molecular weight is 293 g/mol. The molecule has 0 atom stereocenters. The molecule has 0 aliphatic heterocycles. The van der Waals surface area contributed by atoms with Crippen LogP contribution in [0.15, 0.2) is 91.0 Å². The van der Waals surface area contributed by atoms with Gasteiger partial charge >= 0.3 is 5.54 Å². The molecule has 1 aliphatic rings. The highest BCUT2D eigenvalue weighted by Gasteiger charge is 2.63. The number of hydrogen-bond acceptors (Lipinski definition) is 0. The minimum absolute atomic E-state index is 0.649. The molecule has 4 rings (SSSR count). The molecule has 3 aromatic carbocycles. The zero-order valence-electron chi connectivity index (χ0n) is 12.6. The van der Waals surface area contributed by atoms with Crippen molar-refractivity contribution in [3.05, 3.63) is 119 Å². The van der Waals surface area contributed by atoms with Crippen molar-refractivity contribution in [1.29, 1.82) is 0 Å². The van der Waals surface area contributed by atoms with E-state index >= 15 is 0 Å². The Bertz CT molecular complexity index is 851. The van der Waals surface area contributed by atoms with Crippen molar-refractivity contribution in [2.24, 2.45) is 0 Å². The molecule has 0 aromatic heterocycles. The van der Waals surface area contributed by atoms with Gasteiger partial charge in [0.05, 0.1) is 11.1 Å². The molecular formula is C22H15N. The van der Waals surface area contributed by atoms with E-state index in [0.29, 0.717) is 0 Å². The van der Waals surface area contributed by atoms with Gasteiger partial charge in [-0.25, -0.2) is 6.57 Å². The minimum Gasteiger partial charge on any atom is -0.295 e. The summed E-state index contributed by atoms with van der Waals surface area (Å²) in [6, 6.07) is 30.6. The molecule has 1 aliphatic carbocycles. The molecule has 0 spiro atoms. The first-order valence-corrected chi connectivity index (χ1v) is 7.68. The fourth-order valence-corrected chi connectivity index (χ4v) is 3.33. The van der Waals surface area contributed by atoms with Gasteiger partial charge in [0.1, 0.15) is 0 Å². The van der Waals surface area contributed by atoms with Crippen molar-refractivity contribution < 1.29 is 0 Å². The van der Waals surface area contributed by atoms with Crippen LogP contribution in [0.25, 0.3) is 16.0 Å². The smallest absolute Gasteiger partial charge is 0.295 e. The first-order chi connectivity index (χ1) is 11.4. The number of benzene rings is 3. The SMILES string of the molecule is [C-]#[N+]C1(c2ccccc2)C(c2ccccc2)=C1c1ccccc1. The Morgan fingerprint density at radius 3 is 1.35 bits per heavy atom. The van der Waals surface area contributed by atoms with Crippen molar-refractivity contribution >= 4 is 11.1 Å². The molecule has 0 bridgehead atoms. The van der Waals surface area contributed by atoms with E-state index in [4.69, 9.17) is 6.57 Å². The maximum Gasteiger partial charge on any atom is 0.310 e. The summed E-state index contributed by atoms with van der Waals surface area (Å²) >= 11 is 0. The largest absolute Gasteiger partial charge is 0.310 e. The fourth-order valence-electron chi connectivity index (χ4n) is 3.33. The molecule has 23 heavy (non-hydrogen) atoms. The van der Waals surface area contributed by atoms with Crippen LogP contribution in [0.1, 0.15) is 16.7 Å². The molecule has 108 valence electrons. The van der Waals surface area contributed by atoms with Crippen LogP contribution in [0.5, 0.6) is 0 Å². The molecular weight excluding hydrogens is 278 g/mol. The lowest BCUT2D eigenvalue weighted by Crippen LogP contribution is -2.07. The Morgan fingerprint density at radius 1 is 0.565 bits per heavy atom. The van der Waals surface area contributed by atoms with E-state index in [2.05, 4.69) is 41.2 Å². The maximum atomic E-state index is 7.95. The van der Waals surface area contributed by atoms with Gasteiger partial charge in [-0.1, -0.05) is 91.0 Å². The summed E-state index contributed by atoms with van der Waals surface area (Å²) in [5.74, 6) is 0. The van der Waals surface area contributed by atoms with E-state index in [0.717, 1.165) is 27.8 Å². The first kappa shape index (κ1) is 13.5. The number of rotatable bonds is 3. The lowest BCUT2D eigenvalue weighted by Gasteiger charge is -2.08. The second-order valence-electron chi connectivity index (χ2n) is 5.67. The molecule has 0 radical (unpaired) electrons. The predicted octanol–water partition coefficient (Wildman–Crippen LogP) is 5.43. The van der Waals surface area contributed by atoms with Crippen molar-refractivity contribution in [3.8, 4) is 0 Å². The summed E-state index contributed by atoms with van der Waals surface area (Å²) < 4.78 is 0. The highest BCUT2D eigenvalue weighted by molar-refractivity contribution is 6.20. The topological polar surface area (TPSA) is 4.36 Å². The van der Waals surface area contributed by atoms with Crippen LogP contribution < -0.4 is 0 Å². The van der Waals surface area contributed by atoms with Crippen molar-refractivity contribution in [3.63, 3.8) is 0 Å². The summed E-state index contributed by atoms with van der Waals surface area (Å²) in [7, 11) is 0. The van der Waals surface area contributed by atoms with Gasteiger partial charge in [0, 0.05) is 5.56 Å². The monoisotopic (exact) mass is 293 g/mol. The third-order valence-corrected chi connectivity index (χ3v) is 4.40. The minimum atomic E-state index is -0.649.